The van der Waals surface area contributed by atoms with E-state index in [4.69, 9.17) is 10.2 Å². The van der Waals surface area contributed by atoms with E-state index < -0.39 is 36.4 Å². The van der Waals surface area contributed by atoms with E-state index in [9.17, 15) is 19.5 Å². The largest absolute Gasteiger partial charge is 0.481 e. The highest BCUT2D eigenvalue weighted by atomic mass is 16.4. The number of carboxylic acid groups (broad SMARTS) is 2. The van der Waals surface area contributed by atoms with E-state index in [1.54, 1.807) is 0 Å². The van der Waals surface area contributed by atoms with Crippen molar-refractivity contribution < 1.29 is 29.7 Å². The zero-order valence-electron chi connectivity index (χ0n) is 14.5. The van der Waals surface area contributed by atoms with Crippen LogP contribution >= 0.6 is 0 Å². The molecule has 0 aliphatic carbocycles. The lowest BCUT2D eigenvalue weighted by molar-refractivity contribution is -0.148. The molecule has 7 heteroatoms. The highest BCUT2D eigenvalue weighted by Crippen LogP contribution is 2.20. The quantitative estimate of drug-likeness (QED) is 0.497. The number of nitrogens with one attached hydrogen (secondary N) is 1. The molecule has 2 aromatic carbocycles. The summed E-state index contributed by atoms with van der Waals surface area (Å²) < 4.78 is 0. The van der Waals surface area contributed by atoms with Gasteiger partial charge in [-0.2, -0.15) is 0 Å². The van der Waals surface area contributed by atoms with E-state index in [2.05, 4.69) is 5.32 Å². The van der Waals surface area contributed by atoms with Crippen LogP contribution in [-0.2, 0) is 20.8 Å². The second-order valence-corrected chi connectivity index (χ2v) is 6.19. The van der Waals surface area contributed by atoms with Gasteiger partial charge in [0.25, 0.3) is 0 Å². The fourth-order valence-electron chi connectivity index (χ4n) is 2.73. The van der Waals surface area contributed by atoms with Crippen LogP contribution in [0.5, 0.6) is 0 Å². The molecule has 7 nitrogen and oxygen atoms in total. The van der Waals surface area contributed by atoms with E-state index in [1.807, 2.05) is 54.6 Å². The molecule has 2 rings (SSSR count). The minimum Gasteiger partial charge on any atom is -0.481 e. The second-order valence-electron chi connectivity index (χ2n) is 6.19. The van der Waals surface area contributed by atoms with Gasteiger partial charge in [-0.25, -0.2) is 4.79 Å². The number of benzene rings is 2. The summed E-state index contributed by atoms with van der Waals surface area (Å²) in [6, 6.07) is 16.6. The minimum atomic E-state index is -1.65. The molecule has 0 aliphatic rings. The first-order chi connectivity index (χ1) is 12.8. The molecule has 0 saturated heterocycles. The van der Waals surface area contributed by atoms with Gasteiger partial charge < -0.3 is 20.6 Å². The van der Waals surface area contributed by atoms with E-state index in [1.165, 1.54) is 0 Å². The predicted molar refractivity (Wildman–Crippen MR) is 98.0 cm³/mol. The van der Waals surface area contributed by atoms with Crippen LogP contribution in [0.15, 0.2) is 54.6 Å². The Bertz CT molecular complexity index is 788. The molecular formula is C20H21NO6. The van der Waals surface area contributed by atoms with Gasteiger partial charge >= 0.3 is 11.9 Å². The summed E-state index contributed by atoms with van der Waals surface area (Å²) in [5.41, 5.74) is 2.89. The van der Waals surface area contributed by atoms with E-state index >= 15 is 0 Å². The second kappa shape index (κ2) is 9.49. The van der Waals surface area contributed by atoms with Gasteiger partial charge in [-0.1, -0.05) is 54.6 Å². The molecule has 2 aromatic rings. The van der Waals surface area contributed by atoms with Crippen LogP contribution in [0.3, 0.4) is 0 Å². The van der Waals surface area contributed by atoms with E-state index in [0.29, 0.717) is 0 Å². The highest BCUT2D eigenvalue weighted by molar-refractivity contribution is 5.93. The number of carbonyl (C=O) groups excluding carboxylic acids is 1. The summed E-state index contributed by atoms with van der Waals surface area (Å²) in [5.74, 6) is -3.41. The Morgan fingerprint density at radius 2 is 1.48 bits per heavy atom. The Hall–Kier alpha value is -3.19. The van der Waals surface area contributed by atoms with Crippen molar-refractivity contribution in [3.8, 4) is 11.1 Å². The van der Waals surface area contributed by atoms with Gasteiger partial charge in [0, 0.05) is 12.5 Å². The molecule has 0 bridgehead atoms. The maximum atomic E-state index is 11.7. The SMILES string of the molecule is O=C(O)CC(=O)NC(Cc1ccc(-c2ccccc2)cc1)C[C@@H](O)C(=O)O. The topological polar surface area (TPSA) is 124 Å². The highest BCUT2D eigenvalue weighted by Gasteiger charge is 2.22. The first-order valence-corrected chi connectivity index (χ1v) is 8.41. The molecule has 1 unspecified atom stereocenters. The summed E-state index contributed by atoms with van der Waals surface area (Å²) >= 11 is 0. The average Bonchev–Trinajstić information content (AvgIpc) is 2.62. The number of aliphatic hydroxyl groups is 1. The number of aliphatic carboxylic acids is 2. The van der Waals surface area contributed by atoms with Gasteiger partial charge in [0.1, 0.15) is 6.42 Å². The van der Waals surface area contributed by atoms with Crippen LogP contribution in [0.2, 0.25) is 0 Å². The van der Waals surface area contributed by atoms with Crippen LogP contribution in [0.4, 0.5) is 0 Å². The minimum absolute atomic E-state index is 0.221. The molecule has 0 spiro atoms. The summed E-state index contributed by atoms with van der Waals surface area (Å²) in [6.07, 6.45) is -2.32. The number of hydrogen-bond donors (Lipinski definition) is 4. The standard InChI is InChI=1S/C20H21NO6/c22-17(20(26)27)11-16(21-18(23)12-19(24)25)10-13-6-8-15(9-7-13)14-4-2-1-3-5-14/h1-9,16-17,22H,10-12H2,(H,21,23)(H,24,25)(H,26,27)/t16?,17-/m1/s1. The van der Waals surface area contributed by atoms with Crippen LogP contribution < -0.4 is 5.32 Å². The molecule has 0 saturated carbocycles. The fraction of sp³-hybridized carbons (Fsp3) is 0.250. The van der Waals surface area contributed by atoms with Crippen molar-refractivity contribution in [3.05, 3.63) is 60.2 Å². The monoisotopic (exact) mass is 371 g/mol. The third kappa shape index (κ3) is 6.56. The molecule has 0 heterocycles. The van der Waals surface area contributed by atoms with E-state index in [0.717, 1.165) is 16.7 Å². The van der Waals surface area contributed by atoms with Crippen molar-refractivity contribution >= 4 is 17.8 Å². The van der Waals surface area contributed by atoms with E-state index in [-0.39, 0.29) is 12.8 Å². The molecule has 0 radical (unpaired) electrons. The molecule has 2 atom stereocenters. The van der Waals surface area contributed by atoms with Gasteiger partial charge in [0.2, 0.25) is 5.91 Å². The van der Waals surface area contributed by atoms with Crippen LogP contribution in [0.1, 0.15) is 18.4 Å². The summed E-state index contributed by atoms with van der Waals surface area (Å²) in [5, 5.41) is 29.7. The number of hydrogen-bond acceptors (Lipinski definition) is 4. The van der Waals surface area contributed by atoms with Gasteiger partial charge in [0.05, 0.1) is 0 Å². The summed E-state index contributed by atoms with van der Waals surface area (Å²) in [4.78, 5) is 33.3. The van der Waals surface area contributed by atoms with Crippen molar-refractivity contribution in [2.45, 2.75) is 31.4 Å². The number of amides is 1. The smallest absolute Gasteiger partial charge is 0.332 e. The third-order valence-electron chi connectivity index (χ3n) is 4.01. The number of carbonyl (C=O) groups is 3. The molecule has 27 heavy (non-hydrogen) atoms. The molecule has 0 aromatic heterocycles. The van der Waals surface area contributed by atoms with Crippen LogP contribution in [0, 0.1) is 0 Å². The lowest BCUT2D eigenvalue weighted by Gasteiger charge is -2.20. The van der Waals surface area contributed by atoms with Crippen molar-refractivity contribution in [1.82, 2.24) is 5.32 Å². The van der Waals surface area contributed by atoms with Crippen LogP contribution in [0.25, 0.3) is 11.1 Å². The van der Waals surface area contributed by atoms with Gasteiger partial charge in [-0.05, 0) is 23.1 Å². The molecule has 0 fully saturated rings. The van der Waals surface area contributed by atoms with Crippen molar-refractivity contribution in [2.24, 2.45) is 0 Å². The zero-order valence-corrected chi connectivity index (χ0v) is 14.5. The molecule has 142 valence electrons. The fourth-order valence-corrected chi connectivity index (χ4v) is 2.73. The predicted octanol–water partition coefficient (Wildman–Crippen LogP) is 1.69. The van der Waals surface area contributed by atoms with Gasteiger partial charge in [0.15, 0.2) is 6.10 Å². The summed E-state index contributed by atoms with van der Waals surface area (Å²) in [7, 11) is 0. The summed E-state index contributed by atoms with van der Waals surface area (Å²) in [6.45, 7) is 0. The van der Waals surface area contributed by atoms with Crippen molar-refractivity contribution in [1.29, 1.82) is 0 Å². The molecular weight excluding hydrogens is 350 g/mol. The first-order valence-electron chi connectivity index (χ1n) is 8.41. The first kappa shape index (κ1) is 20.1. The Morgan fingerprint density at radius 1 is 0.889 bits per heavy atom. The number of carboxylic acids is 2. The lowest BCUT2D eigenvalue weighted by Crippen LogP contribution is -2.41. The Balaban J connectivity index is 2.09. The Kier molecular flexibility index (Phi) is 7.08. The number of rotatable bonds is 9. The number of aliphatic hydroxyl groups excluding tert-OH is 1. The maximum absolute atomic E-state index is 11.7. The normalized spacial score (nSPS) is 12.8. The van der Waals surface area contributed by atoms with Crippen molar-refractivity contribution in [2.75, 3.05) is 0 Å². The Morgan fingerprint density at radius 3 is 2.04 bits per heavy atom. The Labute approximate surface area is 156 Å². The molecule has 4 N–H and O–H groups in total. The average molecular weight is 371 g/mol. The molecule has 0 aliphatic heterocycles. The third-order valence-corrected chi connectivity index (χ3v) is 4.01. The maximum Gasteiger partial charge on any atom is 0.332 e. The lowest BCUT2D eigenvalue weighted by atomic mass is 9.97. The van der Waals surface area contributed by atoms with Gasteiger partial charge in [-0.3, -0.25) is 9.59 Å². The molecule has 1 amide bonds. The zero-order chi connectivity index (χ0) is 19.8. The van der Waals surface area contributed by atoms with Crippen molar-refractivity contribution in [3.63, 3.8) is 0 Å². The van der Waals surface area contributed by atoms with Crippen LogP contribution in [-0.4, -0.2) is 45.3 Å². The van der Waals surface area contributed by atoms with Gasteiger partial charge in [-0.15, -0.1) is 0 Å².